The van der Waals surface area contributed by atoms with Crippen molar-refractivity contribution in [1.82, 2.24) is 5.32 Å². The van der Waals surface area contributed by atoms with Gasteiger partial charge in [-0.1, -0.05) is 11.6 Å². The van der Waals surface area contributed by atoms with Crippen LogP contribution in [0.25, 0.3) is 0 Å². The lowest BCUT2D eigenvalue weighted by Gasteiger charge is -2.18. The molecule has 0 saturated heterocycles. The Labute approximate surface area is 114 Å². The number of hydrogen-bond donors (Lipinski definition) is 1. The molecule has 1 rings (SSSR count). The maximum absolute atomic E-state index is 11.8. The highest BCUT2D eigenvalue weighted by atomic mass is 16.5. The Morgan fingerprint density at radius 3 is 2.37 bits per heavy atom. The van der Waals surface area contributed by atoms with Crippen LogP contribution in [0.2, 0.25) is 0 Å². The summed E-state index contributed by atoms with van der Waals surface area (Å²) in [5.41, 5.74) is 1.49. The Kier molecular flexibility index (Phi) is 5.10. The molecule has 0 radical (unpaired) electrons. The molecule has 1 unspecified atom stereocenters. The van der Waals surface area contributed by atoms with E-state index < -0.39 is 6.10 Å². The van der Waals surface area contributed by atoms with Crippen molar-refractivity contribution < 1.29 is 14.3 Å². The van der Waals surface area contributed by atoms with Gasteiger partial charge in [-0.15, -0.1) is 0 Å². The number of ketones is 1. The Morgan fingerprint density at radius 1 is 1.21 bits per heavy atom. The van der Waals surface area contributed by atoms with Crippen LogP contribution >= 0.6 is 0 Å². The van der Waals surface area contributed by atoms with Gasteiger partial charge in [0.2, 0.25) is 0 Å². The SMILES string of the molecule is CC(=O)c1cc(C)ccc1OC(C)C(=O)NC(C)C. The lowest BCUT2D eigenvalue weighted by atomic mass is 10.1. The summed E-state index contributed by atoms with van der Waals surface area (Å²) < 4.78 is 5.59. The van der Waals surface area contributed by atoms with E-state index in [2.05, 4.69) is 5.32 Å². The number of benzene rings is 1. The summed E-state index contributed by atoms with van der Waals surface area (Å²) in [6, 6.07) is 5.41. The Morgan fingerprint density at radius 2 is 1.84 bits per heavy atom. The lowest BCUT2D eigenvalue weighted by Crippen LogP contribution is -2.40. The second-order valence-corrected chi connectivity index (χ2v) is 4.98. The van der Waals surface area contributed by atoms with E-state index in [0.29, 0.717) is 11.3 Å². The normalized spacial score (nSPS) is 12.1. The van der Waals surface area contributed by atoms with Gasteiger partial charge in [0.1, 0.15) is 5.75 Å². The van der Waals surface area contributed by atoms with E-state index in [1.165, 1.54) is 6.92 Å². The van der Waals surface area contributed by atoms with Crippen molar-refractivity contribution in [2.24, 2.45) is 0 Å². The van der Waals surface area contributed by atoms with Crippen LogP contribution in [0.15, 0.2) is 18.2 Å². The number of hydrogen-bond acceptors (Lipinski definition) is 3. The fraction of sp³-hybridized carbons (Fsp3) is 0.467. The minimum Gasteiger partial charge on any atom is -0.480 e. The average Bonchev–Trinajstić information content (AvgIpc) is 2.30. The topological polar surface area (TPSA) is 55.4 Å². The van der Waals surface area contributed by atoms with Crippen LogP contribution in [0, 0.1) is 6.92 Å². The fourth-order valence-corrected chi connectivity index (χ4v) is 1.67. The monoisotopic (exact) mass is 263 g/mol. The van der Waals surface area contributed by atoms with Crippen LogP contribution < -0.4 is 10.1 Å². The predicted octanol–water partition coefficient (Wildman–Crippen LogP) is 2.49. The molecule has 0 bridgehead atoms. The van der Waals surface area contributed by atoms with Gasteiger partial charge >= 0.3 is 0 Å². The number of rotatable bonds is 5. The summed E-state index contributed by atoms with van der Waals surface area (Å²) in [7, 11) is 0. The van der Waals surface area contributed by atoms with Crippen LogP contribution in [-0.4, -0.2) is 23.8 Å². The average molecular weight is 263 g/mol. The second kappa shape index (κ2) is 6.36. The maximum atomic E-state index is 11.8. The van der Waals surface area contributed by atoms with Gasteiger partial charge in [-0.3, -0.25) is 9.59 Å². The summed E-state index contributed by atoms with van der Waals surface area (Å²) in [5.74, 6) is 0.185. The maximum Gasteiger partial charge on any atom is 0.260 e. The first-order valence-electron chi connectivity index (χ1n) is 6.40. The molecule has 4 nitrogen and oxygen atoms in total. The molecule has 1 atom stereocenters. The van der Waals surface area contributed by atoms with Crippen LogP contribution in [0.5, 0.6) is 5.75 Å². The summed E-state index contributed by atoms with van der Waals surface area (Å²) in [6.07, 6.45) is -0.636. The minimum absolute atomic E-state index is 0.0591. The highest BCUT2D eigenvalue weighted by Crippen LogP contribution is 2.21. The van der Waals surface area contributed by atoms with E-state index in [-0.39, 0.29) is 17.7 Å². The molecule has 0 aliphatic heterocycles. The van der Waals surface area contributed by atoms with Gasteiger partial charge in [0.15, 0.2) is 11.9 Å². The van der Waals surface area contributed by atoms with E-state index in [4.69, 9.17) is 4.74 Å². The standard InChI is InChI=1S/C15H21NO3/c1-9(2)16-15(18)12(5)19-14-7-6-10(3)8-13(14)11(4)17/h6-9,12H,1-5H3,(H,16,18). The highest BCUT2D eigenvalue weighted by molar-refractivity contribution is 5.97. The molecule has 0 aliphatic rings. The molecule has 1 aromatic carbocycles. The van der Waals surface area contributed by atoms with E-state index >= 15 is 0 Å². The van der Waals surface area contributed by atoms with Gasteiger partial charge in [-0.25, -0.2) is 0 Å². The van der Waals surface area contributed by atoms with E-state index in [9.17, 15) is 9.59 Å². The molecule has 104 valence electrons. The zero-order valence-corrected chi connectivity index (χ0v) is 12.1. The lowest BCUT2D eigenvalue weighted by molar-refractivity contribution is -0.127. The number of carbonyl (C=O) groups excluding carboxylic acids is 2. The third kappa shape index (κ3) is 4.39. The van der Waals surface area contributed by atoms with Crippen molar-refractivity contribution in [2.45, 2.75) is 46.8 Å². The Bertz CT molecular complexity index is 480. The molecule has 1 amide bonds. The number of amides is 1. The summed E-state index contributed by atoms with van der Waals surface area (Å²) in [4.78, 5) is 23.4. The third-order valence-electron chi connectivity index (χ3n) is 2.62. The molecular weight excluding hydrogens is 242 g/mol. The molecule has 0 heterocycles. The molecule has 19 heavy (non-hydrogen) atoms. The van der Waals surface area contributed by atoms with E-state index in [1.807, 2.05) is 26.8 Å². The summed E-state index contributed by atoms with van der Waals surface area (Å²) >= 11 is 0. The molecular formula is C15H21NO3. The number of nitrogens with one attached hydrogen (secondary N) is 1. The highest BCUT2D eigenvalue weighted by Gasteiger charge is 2.18. The van der Waals surface area contributed by atoms with Crippen LogP contribution in [-0.2, 0) is 4.79 Å². The zero-order chi connectivity index (χ0) is 14.6. The molecule has 1 aromatic rings. The first kappa shape index (κ1) is 15.2. The quantitative estimate of drug-likeness (QED) is 0.830. The zero-order valence-electron chi connectivity index (χ0n) is 12.1. The molecule has 0 saturated carbocycles. The molecule has 0 aromatic heterocycles. The molecule has 0 spiro atoms. The van der Waals surface area contributed by atoms with Gasteiger partial charge in [-0.2, -0.15) is 0 Å². The molecule has 0 aliphatic carbocycles. The van der Waals surface area contributed by atoms with Crippen LogP contribution in [0.4, 0.5) is 0 Å². The molecule has 1 N–H and O–H groups in total. The predicted molar refractivity (Wildman–Crippen MR) is 74.6 cm³/mol. The fourth-order valence-electron chi connectivity index (χ4n) is 1.67. The van der Waals surface area contributed by atoms with Crippen LogP contribution in [0.3, 0.4) is 0 Å². The van der Waals surface area contributed by atoms with E-state index in [1.54, 1.807) is 19.1 Å². The third-order valence-corrected chi connectivity index (χ3v) is 2.62. The number of carbonyl (C=O) groups is 2. The van der Waals surface area contributed by atoms with Crippen LogP contribution in [0.1, 0.15) is 43.6 Å². The largest absolute Gasteiger partial charge is 0.480 e. The Hall–Kier alpha value is -1.84. The first-order chi connectivity index (χ1) is 8.81. The minimum atomic E-state index is -0.636. The number of Topliss-reactive ketones (excluding diaryl/α,β-unsaturated/α-hetero) is 1. The van der Waals surface area contributed by atoms with Crippen molar-refractivity contribution in [2.75, 3.05) is 0 Å². The van der Waals surface area contributed by atoms with Gasteiger partial charge in [-0.05, 0) is 46.8 Å². The van der Waals surface area contributed by atoms with Gasteiger partial charge in [0.05, 0.1) is 5.56 Å². The first-order valence-corrected chi connectivity index (χ1v) is 6.40. The summed E-state index contributed by atoms with van der Waals surface area (Å²) in [6.45, 7) is 8.84. The van der Waals surface area contributed by atoms with Crippen molar-refractivity contribution in [1.29, 1.82) is 0 Å². The van der Waals surface area contributed by atoms with Gasteiger partial charge in [0.25, 0.3) is 5.91 Å². The van der Waals surface area contributed by atoms with Gasteiger partial charge in [0, 0.05) is 6.04 Å². The van der Waals surface area contributed by atoms with Crippen molar-refractivity contribution in [3.05, 3.63) is 29.3 Å². The second-order valence-electron chi connectivity index (χ2n) is 4.98. The van der Waals surface area contributed by atoms with Crippen molar-refractivity contribution in [3.63, 3.8) is 0 Å². The molecule has 0 fully saturated rings. The molecule has 4 heteroatoms. The Balaban J connectivity index is 2.87. The van der Waals surface area contributed by atoms with Crippen molar-refractivity contribution in [3.8, 4) is 5.75 Å². The smallest absolute Gasteiger partial charge is 0.260 e. The van der Waals surface area contributed by atoms with Crippen molar-refractivity contribution >= 4 is 11.7 Å². The number of ether oxygens (including phenoxy) is 1. The number of aryl methyl sites for hydroxylation is 1. The van der Waals surface area contributed by atoms with Gasteiger partial charge < -0.3 is 10.1 Å². The van der Waals surface area contributed by atoms with E-state index in [0.717, 1.165) is 5.56 Å². The summed E-state index contributed by atoms with van der Waals surface area (Å²) in [5, 5.41) is 2.77.